The normalized spacial score (nSPS) is 10.3. The summed E-state index contributed by atoms with van der Waals surface area (Å²) in [6, 6.07) is 13.3. The van der Waals surface area contributed by atoms with Gasteiger partial charge in [0.1, 0.15) is 23.9 Å². The Labute approximate surface area is 184 Å². The first-order chi connectivity index (χ1) is 15.5. The van der Waals surface area contributed by atoms with E-state index in [0.29, 0.717) is 29.6 Å². The zero-order chi connectivity index (χ0) is 22.9. The number of carbonyl (C=O) groups excluding carboxylic acids is 2. The van der Waals surface area contributed by atoms with Crippen LogP contribution in [0.15, 0.2) is 59.0 Å². The molecule has 0 fully saturated rings. The van der Waals surface area contributed by atoms with E-state index >= 15 is 0 Å². The molecule has 0 spiro atoms. The third-order valence-electron chi connectivity index (χ3n) is 4.26. The molecule has 0 atom stereocenters. The van der Waals surface area contributed by atoms with Crippen LogP contribution in [-0.2, 0) is 6.61 Å². The highest BCUT2D eigenvalue weighted by Crippen LogP contribution is 2.28. The quantitative estimate of drug-likeness (QED) is 0.488. The molecule has 2 amide bonds. The van der Waals surface area contributed by atoms with Gasteiger partial charge in [-0.1, -0.05) is 6.92 Å². The molecule has 3 aromatic rings. The summed E-state index contributed by atoms with van der Waals surface area (Å²) in [5.41, 5.74) is 4.89. The monoisotopic (exact) mass is 442 g/mol. The minimum absolute atomic E-state index is 0.0103. The summed E-state index contributed by atoms with van der Waals surface area (Å²) in [5, 5.41) is 0. The molecule has 1 aromatic heterocycles. The Morgan fingerprint density at radius 1 is 0.938 bits per heavy atom. The van der Waals surface area contributed by atoms with Crippen molar-refractivity contribution in [2.45, 2.75) is 20.0 Å². The number of hydrazine groups is 1. The number of carbonyl (C=O) groups is 2. The van der Waals surface area contributed by atoms with Gasteiger partial charge in [0.25, 0.3) is 5.91 Å². The Hall–Kier alpha value is -4.01. The summed E-state index contributed by atoms with van der Waals surface area (Å²) in [5.74, 6) is 0.238. The molecule has 32 heavy (non-hydrogen) atoms. The number of benzene rings is 2. The van der Waals surface area contributed by atoms with E-state index in [-0.39, 0.29) is 23.7 Å². The first kappa shape index (κ1) is 22.7. The summed E-state index contributed by atoms with van der Waals surface area (Å²) in [4.78, 5) is 24.6. The lowest BCUT2D eigenvalue weighted by atomic mass is 10.2. The van der Waals surface area contributed by atoms with Gasteiger partial charge in [-0.2, -0.15) is 0 Å². The van der Waals surface area contributed by atoms with E-state index in [9.17, 15) is 14.0 Å². The number of hydrogen-bond acceptors (Lipinski definition) is 6. The molecule has 9 heteroatoms. The van der Waals surface area contributed by atoms with Crippen molar-refractivity contribution in [1.29, 1.82) is 0 Å². The molecule has 2 N–H and O–H groups in total. The molecule has 8 nitrogen and oxygen atoms in total. The summed E-state index contributed by atoms with van der Waals surface area (Å²) in [7, 11) is 1.48. The largest absolute Gasteiger partial charge is 0.493 e. The molecule has 0 aliphatic rings. The molecule has 0 aliphatic heterocycles. The summed E-state index contributed by atoms with van der Waals surface area (Å²) in [6.07, 6.45) is 0.838. The maximum atomic E-state index is 12.9. The van der Waals surface area contributed by atoms with Crippen LogP contribution in [0.3, 0.4) is 0 Å². The molecule has 0 unspecified atom stereocenters. The molecule has 3 rings (SSSR count). The number of amides is 2. The van der Waals surface area contributed by atoms with Crippen LogP contribution < -0.4 is 25.1 Å². The van der Waals surface area contributed by atoms with Crippen LogP contribution in [-0.4, -0.2) is 25.5 Å². The van der Waals surface area contributed by atoms with Crippen molar-refractivity contribution in [1.82, 2.24) is 10.9 Å². The Morgan fingerprint density at radius 2 is 1.69 bits per heavy atom. The van der Waals surface area contributed by atoms with Gasteiger partial charge in [0, 0.05) is 5.56 Å². The molecule has 1 heterocycles. The van der Waals surface area contributed by atoms with Crippen molar-refractivity contribution in [3.63, 3.8) is 0 Å². The van der Waals surface area contributed by atoms with Crippen molar-refractivity contribution < 1.29 is 32.6 Å². The number of methoxy groups -OCH3 is 1. The van der Waals surface area contributed by atoms with Crippen LogP contribution in [0.2, 0.25) is 0 Å². The van der Waals surface area contributed by atoms with Crippen molar-refractivity contribution in [2.24, 2.45) is 0 Å². The topological polar surface area (TPSA) is 99.0 Å². The first-order valence-electron chi connectivity index (χ1n) is 9.88. The third kappa shape index (κ3) is 6.00. The summed E-state index contributed by atoms with van der Waals surface area (Å²) < 4.78 is 34.6. The number of furan rings is 1. The highest BCUT2D eigenvalue weighted by molar-refractivity contribution is 5.98. The molecule has 0 saturated carbocycles. The number of rotatable bonds is 9. The van der Waals surface area contributed by atoms with Gasteiger partial charge in [0.15, 0.2) is 17.3 Å². The van der Waals surface area contributed by atoms with Gasteiger partial charge in [-0.25, -0.2) is 4.39 Å². The smallest absolute Gasteiger partial charge is 0.305 e. The zero-order valence-electron chi connectivity index (χ0n) is 17.6. The van der Waals surface area contributed by atoms with Crippen molar-refractivity contribution in [2.75, 3.05) is 13.7 Å². The molecular weight excluding hydrogens is 419 g/mol. The fraction of sp³-hybridized carbons (Fsp3) is 0.217. The Kier molecular flexibility index (Phi) is 7.69. The van der Waals surface area contributed by atoms with Gasteiger partial charge < -0.3 is 18.6 Å². The van der Waals surface area contributed by atoms with Crippen LogP contribution in [0, 0.1) is 5.82 Å². The predicted octanol–water partition coefficient (Wildman–Crippen LogP) is 3.87. The number of hydrogen-bond donors (Lipinski definition) is 2. The van der Waals surface area contributed by atoms with Gasteiger partial charge in [0.05, 0.1) is 13.7 Å². The molecule has 0 bridgehead atoms. The molecule has 2 aromatic carbocycles. The maximum absolute atomic E-state index is 12.9. The van der Waals surface area contributed by atoms with E-state index in [1.54, 1.807) is 18.2 Å². The minimum atomic E-state index is -0.638. The van der Waals surface area contributed by atoms with E-state index in [1.807, 2.05) is 6.92 Å². The van der Waals surface area contributed by atoms with E-state index < -0.39 is 11.8 Å². The van der Waals surface area contributed by atoms with Crippen LogP contribution >= 0.6 is 0 Å². The lowest BCUT2D eigenvalue weighted by Gasteiger charge is -2.12. The predicted molar refractivity (Wildman–Crippen MR) is 113 cm³/mol. The highest BCUT2D eigenvalue weighted by atomic mass is 19.1. The standard InChI is InChI=1S/C23H23FN2O6/c1-3-12-30-19-10-4-15(13-21(19)29-2)22(27)25-26-23(28)20-11-9-18(32-20)14-31-17-7-5-16(24)6-8-17/h4-11,13H,3,12,14H2,1-2H3,(H,25,27)(H,26,28). The van der Waals surface area contributed by atoms with Crippen LogP contribution in [0.25, 0.3) is 0 Å². The number of halogens is 1. The van der Waals surface area contributed by atoms with E-state index in [0.717, 1.165) is 6.42 Å². The van der Waals surface area contributed by atoms with E-state index in [4.69, 9.17) is 18.6 Å². The second-order valence-electron chi connectivity index (χ2n) is 6.63. The first-order valence-corrected chi connectivity index (χ1v) is 9.88. The van der Waals surface area contributed by atoms with Crippen molar-refractivity contribution in [3.8, 4) is 17.2 Å². The van der Waals surface area contributed by atoms with Gasteiger partial charge in [-0.3, -0.25) is 20.4 Å². The van der Waals surface area contributed by atoms with Gasteiger partial charge >= 0.3 is 5.91 Å². The van der Waals surface area contributed by atoms with Crippen molar-refractivity contribution >= 4 is 11.8 Å². The lowest BCUT2D eigenvalue weighted by molar-refractivity contribution is 0.0828. The number of nitrogens with one attached hydrogen (secondary N) is 2. The molecular formula is C23H23FN2O6. The second kappa shape index (κ2) is 10.9. The van der Waals surface area contributed by atoms with Crippen LogP contribution in [0.4, 0.5) is 4.39 Å². The summed E-state index contributed by atoms with van der Waals surface area (Å²) in [6.45, 7) is 2.56. The fourth-order valence-electron chi connectivity index (χ4n) is 2.65. The van der Waals surface area contributed by atoms with E-state index in [2.05, 4.69) is 10.9 Å². The molecule has 0 aliphatic carbocycles. The highest BCUT2D eigenvalue weighted by Gasteiger charge is 2.15. The zero-order valence-corrected chi connectivity index (χ0v) is 17.6. The van der Waals surface area contributed by atoms with Gasteiger partial charge in [-0.05, 0) is 61.0 Å². The lowest BCUT2D eigenvalue weighted by Crippen LogP contribution is -2.41. The van der Waals surface area contributed by atoms with Gasteiger partial charge in [0.2, 0.25) is 0 Å². The SMILES string of the molecule is CCCOc1ccc(C(=O)NNC(=O)c2ccc(COc3ccc(F)cc3)o2)cc1OC. The molecule has 168 valence electrons. The average Bonchev–Trinajstić information content (AvgIpc) is 3.29. The van der Waals surface area contributed by atoms with Crippen LogP contribution in [0.1, 0.15) is 40.0 Å². The number of ether oxygens (including phenoxy) is 3. The average molecular weight is 442 g/mol. The van der Waals surface area contributed by atoms with Gasteiger partial charge in [-0.15, -0.1) is 0 Å². The van der Waals surface area contributed by atoms with Crippen molar-refractivity contribution in [3.05, 3.63) is 77.5 Å². The van der Waals surface area contributed by atoms with Crippen LogP contribution in [0.5, 0.6) is 17.2 Å². The molecule has 0 radical (unpaired) electrons. The Bertz CT molecular complexity index is 1060. The Balaban J connectivity index is 1.53. The minimum Gasteiger partial charge on any atom is -0.493 e. The summed E-state index contributed by atoms with van der Waals surface area (Å²) >= 11 is 0. The molecule has 0 saturated heterocycles. The van der Waals surface area contributed by atoms with E-state index in [1.165, 1.54) is 43.5 Å². The fourth-order valence-corrected chi connectivity index (χ4v) is 2.65. The second-order valence-corrected chi connectivity index (χ2v) is 6.63. The Morgan fingerprint density at radius 3 is 2.41 bits per heavy atom. The maximum Gasteiger partial charge on any atom is 0.305 e. The third-order valence-corrected chi connectivity index (χ3v) is 4.26.